The van der Waals surface area contributed by atoms with Crippen LogP contribution in [0.15, 0.2) is 24.3 Å². The Labute approximate surface area is 109 Å². The standard InChI is InChI=1S/C13H11ClN2O2/c1-7-3-4-9(5-8(7)2)12-15-10(13(17)18)6-11(14)16-12/h3-6H,1-2H3,(H,17,18). The van der Waals surface area contributed by atoms with Gasteiger partial charge in [-0.25, -0.2) is 14.8 Å². The van der Waals surface area contributed by atoms with Gasteiger partial charge in [-0.3, -0.25) is 0 Å². The van der Waals surface area contributed by atoms with E-state index in [4.69, 9.17) is 16.7 Å². The highest BCUT2D eigenvalue weighted by molar-refractivity contribution is 6.29. The molecular weight excluding hydrogens is 252 g/mol. The van der Waals surface area contributed by atoms with Gasteiger partial charge in [-0.05, 0) is 31.0 Å². The van der Waals surface area contributed by atoms with E-state index in [9.17, 15) is 4.79 Å². The number of carbonyl (C=O) groups is 1. The molecule has 0 unspecified atom stereocenters. The van der Waals surface area contributed by atoms with Crippen molar-refractivity contribution in [2.75, 3.05) is 0 Å². The van der Waals surface area contributed by atoms with Crippen molar-refractivity contribution in [3.05, 3.63) is 46.2 Å². The number of aromatic nitrogens is 2. The van der Waals surface area contributed by atoms with Crippen molar-refractivity contribution in [3.8, 4) is 11.4 Å². The van der Waals surface area contributed by atoms with Gasteiger partial charge in [0.1, 0.15) is 5.15 Å². The molecule has 0 atom stereocenters. The second-order valence-electron chi connectivity index (χ2n) is 4.00. The fraction of sp³-hybridized carbons (Fsp3) is 0.154. The van der Waals surface area contributed by atoms with E-state index in [2.05, 4.69) is 9.97 Å². The summed E-state index contributed by atoms with van der Waals surface area (Å²) in [4.78, 5) is 18.9. The van der Waals surface area contributed by atoms with Gasteiger partial charge in [0.25, 0.3) is 0 Å². The molecule has 1 N–H and O–H groups in total. The average Bonchev–Trinajstić information content (AvgIpc) is 2.31. The van der Waals surface area contributed by atoms with E-state index >= 15 is 0 Å². The second kappa shape index (κ2) is 4.74. The number of halogens is 1. The Balaban J connectivity index is 2.56. The number of hydrogen-bond acceptors (Lipinski definition) is 3. The van der Waals surface area contributed by atoms with Crippen molar-refractivity contribution < 1.29 is 9.90 Å². The third kappa shape index (κ3) is 2.49. The van der Waals surface area contributed by atoms with E-state index in [0.717, 1.165) is 16.7 Å². The van der Waals surface area contributed by atoms with E-state index < -0.39 is 5.97 Å². The fourth-order valence-corrected chi connectivity index (χ4v) is 1.72. The number of nitrogens with zero attached hydrogens (tertiary/aromatic N) is 2. The van der Waals surface area contributed by atoms with Gasteiger partial charge < -0.3 is 5.11 Å². The molecule has 0 aliphatic heterocycles. The molecule has 0 aliphatic carbocycles. The van der Waals surface area contributed by atoms with Gasteiger partial charge in [0.05, 0.1) is 0 Å². The summed E-state index contributed by atoms with van der Waals surface area (Å²) < 4.78 is 0. The average molecular weight is 263 g/mol. The van der Waals surface area contributed by atoms with Gasteiger partial charge in [-0.1, -0.05) is 23.7 Å². The third-order valence-corrected chi connectivity index (χ3v) is 2.87. The van der Waals surface area contributed by atoms with Gasteiger partial charge in [0.2, 0.25) is 0 Å². The number of rotatable bonds is 2. The van der Waals surface area contributed by atoms with E-state index in [-0.39, 0.29) is 10.8 Å². The first-order valence-corrected chi connectivity index (χ1v) is 5.70. The Morgan fingerprint density at radius 2 is 1.89 bits per heavy atom. The molecule has 1 aromatic heterocycles. The summed E-state index contributed by atoms with van der Waals surface area (Å²) in [5.41, 5.74) is 2.89. The van der Waals surface area contributed by atoms with E-state index in [1.165, 1.54) is 6.07 Å². The van der Waals surface area contributed by atoms with Crippen molar-refractivity contribution in [1.29, 1.82) is 0 Å². The molecule has 0 saturated carbocycles. The molecule has 0 aliphatic rings. The lowest BCUT2D eigenvalue weighted by atomic mass is 10.1. The molecule has 0 amide bonds. The van der Waals surface area contributed by atoms with Crippen LogP contribution < -0.4 is 0 Å². The monoisotopic (exact) mass is 262 g/mol. The van der Waals surface area contributed by atoms with Crippen LogP contribution in [0.5, 0.6) is 0 Å². The van der Waals surface area contributed by atoms with Gasteiger partial charge in [-0.15, -0.1) is 0 Å². The molecule has 2 rings (SSSR count). The predicted molar refractivity (Wildman–Crippen MR) is 68.9 cm³/mol. The minimum Gasteiger partial charge on any atom is -0.477 e. The smallest absolute Gasteiger partial charge is 0.354 e. The molecule has 1 heterocycles. The highest BCUT2D eigenvalue weighted by atomic mass is 35.5. The fourth-order valence-electron chi connectivity index (χ4n) is 1.54. The van der Waals surface area contributed by atoms with E-state index in [1.54, 1.807) is 0 Å². The zero-order valence-corrected chi connectivity index (χ0v) is 10.7. The van der Waals surface area contributed by atoms with Crippen molar-refractivity contribution >= 4 is 17.6 Å². The van der Waals surface area contributed by atoms with Gasteiger partial charge >= 0.3 is 5.97 Å². The molecule has 5 heteroatoms. The molecule has 0 radical (unpaired) electrons. The summed E-state index contributed by atoms with van der Waals surface area (Å²) in [6.07, 6.45) is 0. The van der Waals surface area contributed by atoms with Crippen LogP contribution in [-0.4, -0.2) is 21.0 Å². The number of hydrogen-bond donors (Lipinski definition) is 1. The lowest BCUT2D eigenvalue weighted by Crippen LogP contribution is -2.03. The SMILES string of the molecule is Cc1ccc(-c2nc(Cl)cc(C(=O)O)n2)cc1C. The molecule has 1 aromatic carbocycles. The predicted octanol–water partition coefficient (Wildman–Crippen LogP) is 3.11. The molecule has 4 nitrogen and oxygen atoms in total. The van der Waals surface area contributed by atoms with Crippen LogP contribution in [-0.2, 0) is 0 Å². The molecule has 18 heavy (non-hydrogen) atoms. The number of carboxylic acid groups (broad SMARTS) is 1. The summed E-state index contributed by atoms with van der Waals surface area (Å²) in [6.45, 7) is 3.97. The van der Waals surface area contributed by atoms with Crippen LogP contribution in [0.2, 0.25) is 5.15 Å². The van der Waals surface area contributed by atoms with Crippen LogP contribution in [0, 0.1) is 13.8 Å². The minimum atomic E-state index is -1.12. The maximum atomic E-state index is 10.9. The largest absolute Gasteiger partial charge is 0.477 e. The third-order valence-electron chi connectivity index (χ3n) is 2.68. The first-order valence-electron chi connectivity index (χ1n) is 5.33. The molecular formula is C13H11ClN2O2. The Morgan fingerprint density at radius 1 is 1.17 bits per heavy atom. The topological polar surface area (TPSA) is 63.1 Å². The molecule has 0 spiro atoms. The van der Waals surface area contributed by atoms with E-state index in [0.29, 0.717) is 5.82 Å². The van der Waals surface area contributed by atoms with Crippen LogP contribution >= 0.6 is 11.6 Å². The second-order valence-corrected chi connectivity index (χ2v) is 4.39. The van der Waals surface area contributed by atoms with Crippen LogP contribution in [0.4, 0.5) is 0 Å². The zero-order chi connectivity index (χ0) is 13.3. The minimum absolute atomic E-state index is 0.108. The number of aryl methyl sites for hydroxylation is 2. The van der Waals surface area contributed by atoms with Gasteiger partial charge in [0.15, 0.2) is 11.5 Å². The number of carboxylic acids is 1. The summed E-state index contributed by atoms with van der Waals surface area (Å²) >= 11 is 5.80. The number of benzene rings is 1. The Hall–Kier alpha value is -1.94. The molecule has 92 valence electrons. The molecule has 0 bridgehead atoms. The summed E-state index contributed by atoms with van der Waals surface area (Å²) in [5.74, 6) is -0.799. The Morgan fingerprint density at radius 3 is 2.50 bits per heavy atom. The zero-order valence-electron chi connectivity index (χ0n) is 9.94. The normalized spacial score (nSPS) is 10.4. The lowest BCUT2D eigenvalue weighted by Gasteiger charge is -2.05. The van der Waals surface area contributed by atoms with Crippen LogP contribution in [0.25, 0.3) is 11.4 Å². The summed E-state index contributed by atoms with van der Waals surface area (Å²) in [5, 5.41) is 9.05. The Kier molecular flexibility index (Phi) is 3.30. The van der Waals surface area contributed by atoms with Crippen molar-refractivity contribution in [1.82, 2.24) is 9.97 Å². The van der Waals surface area contributed by atoms with E-state index in [1.807, 2.05) is 32.0 Å². The highest BCUT2D eigenvalue weighted by Gasteiger charge is 2.11. The van der Waals surface area contributed by atoms with Gasteiger partial charge in [0, 0.05) is 11.6 Å². The summed E-state index contributed by atoms with van der Waals surface area (Å²) in [7, 11) is 0. The van der Waals surface area contributed by atoms with Crippen LogP contribution in [0.1, 0.15) is 21.6 Å². The first-order chi connectivity index (χ1) is 8.47. The van der Waals surface area contributed by atoms with Crippen molar-refractivity contribution in [3.63, 3.8) is 0 Å². The lowest BCUT2D eigenvalue weighted by molar-refractivity contribution is 0.0690. The van der Waals surface area contributed by atoms with Crippen molar-refractivity contribution in [2.24, 2.45) is 0 Å². The quantitative estimate of drug-likeness (QED) is 0.845. The van der Waals surface area contributed by atoms with Gasteiger partial charge in [-0.2, -0.15) is 0 Å². The molecule has 2 aromatic rings. The first kappa shape index (κ1) is 12.5. The Bertz CT molecular complexity index is 626. The summed E-state index contributed by atoms with van der Waals surface area (Å²) in [6, 6.07) is 6.93. The molecule has 0 fully saturated rings. The number of aromatic carboxylic acids is 1. The molecule has 0 saturated heterocycles. The maximum Gasteiger partial charge on any atom is 0.354 e. The maximum absolute atomic E-state index is 10.9. The van der Waals surface area contributed by atoms with Crippen molar-refractivity contribution in [2.45, 2.75) is 13.8 Å². The highest BCUT2D eigenvalue weighted by Crippen LogP contribution is 2.21. The van der Waals surface area contributed by atoms with Crippen LogP contribution in [0.3, 0.4) is 0 Å².